The molecule has 0 unspecified atom stereocenters. The van der Waals surface area contributed by atoms with E-state index in [1.165, 1.54) is 10.1 Å². The van der Waals surface area contributed by atoms with Crippen molar-refractivity contribution in [3.05, 3.63) is 30.1 Å². The number of pyridine rings is 1. The second-order valence-corrected chi connectivity index (χ2v) is 3.86. The molecule has 0 aromatic carbocycles. The van der Waals surface area contributed by atoms with Crippen molar-refractivity contribution in [2.45, 2.75) is 6.92 Å². The monoisotopic (exact) mass is 160 g/mol. The molecule has 0 spiro atoms. The lowest BCUT2D eigenvalue weighted by Gasteiger charge is -1.96. The summed E-state index contributed by atoms with van der Waals surface area (Å²) >= 11 is 1.06. The fraction of sp³-hybridized carbons (Fsp3) is 0.125. The molecule has 2 rings (SSSR count). The van der Waals surface area contributed by atoms with Crippen molar-refractivity contribution in [3.8, 4) is 0 Å². The molecule has 0 radical (unpaired) electrons. The van der Waals surface area contributed by atoms with E-state index in [1.54, 1.807) is 0 Å². The average Bonchev–Trinajstić information content (AvgIpc) is 2.32. The van der Waals surface area contributed by atoms with Crippen LogP contribution in [0.25, 0.3) is 5.65 Å². The minimum Gasteiger partial charge on any atom is -0.322 e. The van der Waals surface area contributed by atoms with Crippen molar-refractivity contribution in [1.29, 1.82) is 0 Å². The van der Waals surface area contributed by atoms with E-state index in [9.17, 15) is 0 Å². The van der Waals surface area contributed by atoms with Crippen molar-refractivity contribution in [1.82, 2.24) is 9.38 Å². The normalized spacial score (nSPS) is 10.6. The molecule has 0 saturated heterocycles. The number of hydrogen-bond acceptors (Lipinski definition) is 1. The zero-order chi connectivity index (χ0) is 7.84. The Balaban J connectivity index is 2.86. The topological polar surface area (TPSA) is 17.3 Å². The van der Waals surface area contributed by atoms with Gasteiger partial charge in [0.2, 0.25) is 0 Å². The summed E-state index contributed by atoms with van der Waals surface area (Å²) in [6.07, 6.45) is 4.03. The minimum absolute atomic E-state index is 1.06. The van der Waals surface area contributed by atoms with Gasteiger partial charge in [0.25, 0.3) is 16.3 Å². The van der Waals surface area contributed by atoms with Crippen LogP contribution in [-0.2, 0) is 0 Å². The van der Waals surface area contributed by atoms with Crippen LogP contribution in [0.3, 0.4) is 0 Å². The maximum absolute atomic E-state index is 4.28. The Morgan fingerprint density at radius 2 is 2.36 bits per heavy atom. The zero-order valence-corrected chi connectivity index (χ0v) is 8.70. The van der Waals surface area contributed by atoms with Gasteiger partial charge >= 0.3 is 0 Å². The number of hydrogen-bond donors (Lipinski definition) is 0. The predicted molar refractivity (Wildman–Crippen MR) is 48.1 cm³/mol. The average molecular weight is 160 g/mol. The van der Waals surface area contributed by atoms with Crippen LogP contribution in [0.5, 0.6) is 0 Å². The summed E-state index contributed by atoms with van der Waals surface area (Å²) in [5, 5.41) is 0. The zero-order valence-electron chi connectivity index (χ0n) is 6.70. The molecule has 0 atom stereocenters. The molecular weight excluding hydrogens is 151 g/mol. The highest BCUT2D eigenvalue weighted by Crippen LogP contribution is 2.01. The van der Waals surface area contributed by atoms with Gasteiger partial charge < -0.3 is 4.40 Å². The van der Waals surface area contributed by atoms with Gasteiger partial charge in [0.05, 0.1) is 0 Å². The maximum atomic E-state index is 4.28. The first-order valence-corrected chi connectivity index (χ1v) is 4.68. The number of imidazole rings is 1. The van der Waals surface area contributed by atoms with E-state index in [4.69, 9.17) is 0 Å². The van der Waals surface area contributed by atoms with E-state index < -0.39 is 0 Å². The molecule has 2 aromatic rings. The van der Waals surface area contributed by atoms with E-state index in [-0.39, 0.29) is 0 Å². The summed E-state index contributed by atoms with van der Waals surface area (Å²) in [7, 11) is 0. The van der Waals surface area contributed by atoms with Gasteiger partial charge in [0.1, 0.15) is 5.65 Å². The van der Waals surface area contributed by atoms with Crippen molar-refractivity contribution < 1.29 is 0 Å². The molecule has 0 amide bonds. The molecule has 0 fully saturated rings. The van der Waals surface area contributed by atoms with Gasteiger partial charge in [-0.25, -0.2) is 4.98 Å². The Morgan fingerprint density at radius 3 is 3.18 bits per heavy atom. The van der Waals surface area contributed by atoms with Crippen molar-refractivity contribution >= 4 is 26.5 Å². The van der Waals surface area contributed by atoms with E-state index in [0.29, 0.717) is 0 Å². The lowest BCUT2D eigenvalue weighted by molar-refractivity contribution is 1.20. The summed E-state index contributed by atoms with van der Waals surface area (Å²) in [4.78, 5) is 4.28. The summed E-state index contributed by atoms with van der Waals surface area (Å²) in [5.74, 6) is 0. The van der Waals surface area contributed by atoms with Gasteiger partial charge in [-0.15, -0.1) is 0 Å². The third-order valence-corrected chi connectivity index (χ3v) is 2.59. The van der Waals surface area contributed by atoms with Crippen LogP contribution in [0.1, 0.15) is 5.56 Å². The van der Waals surface area contributed by atoms with Gasteiger partial charge in [-0.05, 0) is 29.2 Å². The van der Waals surface area contributed by atoms with Gasteiger partial charge in [0, 0.05) is 12.4 Å². The number of aromatic nitrogens is 2. The highest BCUT2D eigenvalue weighted by atomic mass is 27.0. The van der Waals surface area contributed by atoms with Crippen LogP contribution in [0.2, 0.25) is 0 Å². The summed E-state index contributed by atoms with van der Waals surface area (Å²) < 4.78 is 3.46. The van der Waals surface area contributed by atoms with Crippen LogP contribution >= 0.6 is 0 Å². The molecule has 2 aromatic heterocycles. The van der Waals surface area contributed by atoms with E-state index in [2.05, 4.69) is 34.6 Å². The first-order valence-electron chi connectivity index (χ1n) is 3.68. The smallest absolute Gasteiger partial charge is 0.289 e. The fourth-order valence-electron chi connectivity index (χ4n) is 1.21. The van der Waals surface area contributed by atoms with Gasteiger partial charge in [-0.2, -0.15) is 0 Å². The third kappa shape index (κ3) is 1.07. The van der Waals surface area contributed by atoms with Crippen molar-refractivity contribution in [2.75, 3.05) is 0 Å². The summed E-state index contributed by atoms with van der Waals surface area (Å²) in [5.41, 5.74) is 2.33. The van der Waals surface area contributed by atoms with Crippen LogP contribution < -0.4 is 4.56 Å². The molecule has 0 aliphatic carbocycles. The van der Waals surface area contributed by atoms with Gasteiger partial charge in [-0.1, -0.05) is 0 Å². The van der Waals surface area contributed by atoms with Crippen molar-refractivity contribution in [3.63, 3.8) is 0 Å². The lowest BCUT2D eigenvalue weighted by Crippen LogP contribution is -2.08. The van der Waals surface area contributed by atoms with Crippen LogP contribution in [0.15, 0.2) is 24.5 Å². The Morgan fingerprint density at radius 1 is 1.55 bits per heavy atom. The minimum atomic E-state index is 1.06. The molecule has 0 N–H and O–H groups in total. The molecule has 0 aliphatic heterocycles. The van der Waals surface area contributed by atoms with E-state index in [1.807, 2.05) is 6.20 Å². The van der Waals surface area contributed by atoms with Crippen LogP contribution in [-0.4, -0.2) is 25.7 Å². The molecule has 3 heteroatoms. The van der Waals surface area contributed by atoms with Crippen LogP contribution in [0.4, 0.5) is 0 Å². The van der Waals surface area contributed by atoms with E-state index in [0.717, 1.165) is 21.9 Å². The summed E-state index contributed by atoms with van der Waals surface area (Å²) in [6, 6.07) is 4.21. The van der Waals surface area contributed by atoms with Gasteiger partial charge in [-0.3, -0.25) is 0 Å². The largest absolute Gasteiger partial charge is 0.322 e. The Hall–Kier alpha value is -0.778. The lowest BCUT2D eigenvalue weighted by atomic mass is 10.3. The molecule has 0 saturated carbocycles. The quantitative estimate of drug-likeness (QED) is 0.492. The Kier molecular flexibility index (Phi) is 1.49. The summed E-state index contributed by atoms with van der Waals surface area (Å²) in [6.45, 7) is 2.08. The molecular formula is C8H9AlN2. The number of fused-ring (bicyclic) bond motifs is 1. The Labute approximate surface area is 73.3 Å². The number of aryl methyl sites for hydroxylation is 1. The second-order valence-electron chi connectivity index (χ2n) is 2.83. The first kappa shape index (κ1) is 6.90. The van der Waals surface area contributed by atoms with Crippen LogP contribution in [0, 0.1) is 6.92 Å². The first-order chi connectivity index (χ1) is 5.27. The van der Waals surface area contributed by atoms with Gasteiger partial charge in [0.15, 0.2) is 0 Å². The highest BCUT2D eigenvalue weighted by molar-refractivity contribution is 6.31. The maximum Gasteiger partial charge on any atom is 0.289 e. The second kappa shape index (κ2) is 2.37. The molecule has 0 aliphatic rings. The molecule has 2 heterocycles. The molecule has 54 valence electrons. The Bertz CT molecular complexity index is 392. The van der Waals surface area contributed by atoms with E-state index >= 15 is 0 Å². The standard InChI is InChI=1S/C8H7N2.Al.2H/c1-7-2-4-10-5-3-9-8(10)6-7;;;/h2-4,6H,1H3;;;. The third-order valence-electron chi connectivity index (χ3n) is 1.85. The highest BCUT2D eigenvalue weighted by Gasteiger charge is 1.95. The fourth-order valence-corrected chi connectivity index (χ4v) is 1.72. The predicted octanol–water partition coefficient (Wildman–Crippen LogP) is -0.0989. The molecule has 0 bridgehead atoms. The molecule has 2 nitrogen and oxygen atoms in total. The number of rotatable bonds is 0. The van der Waals surface area contributed by atoms with Crippen molar-refractivity contribution in [2.24, 2.45) is 0 Å². The number of nitrogens with zero attached hydrogens (tertiary/aromatic N) is 2. The SMILES string of the molecule is Cc1ccn2[c]([AlH2])cnc2c1. The molecule has 11 heavy (non-hydrogen) atoms.